The number of rotatable bonds is 5. The van der Waals surface area contributed by atoms with Crippen LogP contribution in [-0.4, -0.2) is 27.3 Å². The second-order valence-electron chi connectivity index (χ2n) is 4.82. The summed E-state index contributed by atoms with van der Waals surface area (Å²) >= 11 is 4.76. The van der Waals surface area contributed by atoms with Gasteiger partial charge in [-0.05, 0) is 37.5 Å². The summed E-state index contributed by atoms with van der Waals surface area (Å²) in [6, 6.07) is 10.2. The van der Waals surface area contributed by atoms with Crippen LogP contribution < -0.4 is 5.56 Å². The topological polar surface area (TPSA) is 81.2 Å². The van der Waals surface area contributed by atoms with E-state index in [4.69, 9.17) is 12.2 Å². The highest BCUT2D eigenvalue weighted by Gasteiger charge is 2.05. The Hall–Kier alpha value is -2.21. The van der Waals surface area contributed by atoms with Gasteiger partial charge in [0.15, 0.2) is 4.77 Å². The number of nitrogens with one attached hydrogen (secondary N) is 2. The van der Waals surface area contributed by atoms with Gasteiger partial charge >= 0.3 is 0 Å². The monoisotopic (exact) mass is 303 g/mol. The smallest absolute Gasteiger partial charge is 0.264 e. The molecule has 1 aromatic carbocycles. The molecule has 0 aliphatic carbocycles. The van der Waals surface area contributed by atoms with Crippen molar-refractivity contribution in [2.24, 2.45) is 4.99 Å². The van der Waals surface area contributed by atoms with Crippen molar-refractivity contribution >= 4 is 18.4 Å². The molecule has 0 aliphatic heterocycles. The van der Waals surface area contributed by atoms with E-state index in [1.54, 1.807) is 0 Å². The second kappa shape index (κ2) is 6.99. The molecular weight excluding hydrogens is 286 g/mol. The third-order valence-corrected chi connectivity index (χ3v) is 3.31. The first-order valence-corrected chi connectivity index (χ1v) is 7.10. The second-order valence-corrected chi connectivity index (χ2v) is 5.23. The van der Waals surface area contributed by atoms with Gasteiger partial charge in [-0.1, -0.05) is 30.3 Å². The molecule has 0 saturated heterocycles. The van der Waals surface area contributed by atoms with E-state index >= 15 is 0 Å². The molecule has 0 bridgehead atoms. The first-order chi connectivity index (χ1) is 10.1. The predicted molar refractivity (Wildman–Crippen MR) is 85.7 cm³/mol. The van der Waals surface area contributed by atoms with Crippen LogP contribution in [0.5, 0.6) is 5.88 Å². The van der Waals surface area contributed by atoms with E-state index in [-0.39, 0.29) is 22.3 Å². The third-order valence-electron chi connectivity index (χ3n) is 3.11. The highest BCUT2D eigenvalue weighted by Crippen LogP contribution is 2.08. The molecule has 2 rings (SSSR count). The van der Waals surface area contributed by atoms with Crippen molar-refractivity contribution in [2.45, 2.75) is 25.8 Å². The first-order valence-electron chi connectivity index (χ1n) is 6.69. The van der Waals surface area contributed by atoms with Gasteiger partial charge in [0.25, 0.3) is 5.56 Å². The maximum Gasteiger partial charge on any atom is 0.264 e. The Morgan fingerprint density at radius 3 is 2.71 bits per heavy atom. The van der Waals surface area contributed by atoms with E-state index in [1.807, 2.05) is 25.1 Å². The molecule has 0 saturated carbocycles. The van der Waals surface area contributed by atoms with Crippen molar-refractivity contribution in [1.29, 1.82) is 0 Å². The van der Waals surface area contributed by atoms with Gasteiger partial charge in [0, 0.05) is 12.3 Å². The molecule has 1 atom stereocenters. The molecule has 2 aromatic rings. The van der Waals surface area contributed by atoms with E-state index in [0.29, 0.717) is 0 Å². The van der Waals surface area contributed by atoms with Crippen LogP contribution in [-0.2, 0) is 6.42 Å². The number of aryl methyl sites for hydroxylation is 1. The number of benzene rings is 1. The van der Waals surface area contributed by atoms with Gasteiger partial charge in [0.1, 0.15) is 5.56 Å². The lowest BCUT2D eigenvalue weighted by Crippen LogP contribution is -2.14. The van der Waals surface area contributed by atoms with Crippen LogP contribution in [0.2, 0.25) is 0 Å². The number of nitrogens with zero attached hydrogens (tertiary/aromatic N) is 1. The van der Waals surface area contributed by atoms with Gasteiger partial charge in [-0.3, -0.25) is 14.8 Å². The zero-order valence-corrected chi connectivity index (χ0v) is 12.5. The number of aromatic amines is 2. The van der Waals surface area contributed by atoms with E-state index < -0.39 is 5.56 Å². The Balaban J connectivity index is 2.01. The minimum absolute atomic E-state index is 0.0483. The zero-order chi connectivity index (χ0) is 15.2. The summed E-state index contributed by atoms with van der Waals surface area (Å²) in [5.74, 6) is -0.261. The highest BCUT2D eigenvalue weighted by molar-refractivity contribution is 7.71. The van der Waals surface area contributed by atoms with Crippen molar-refractivity contribution in [3.05, 3.63) is 56.6 Å². The Kier molecular flexibility index (Phi) is 5.05. The number of aromatic nitrogens is 2. The lowest BCUT2D eigenvalue weighted by Gasteiger charge is -2.06. The van der Waals surface area contributed by atoms with Crippen molar-refractivity contribution in [3.63, 3.8) is 0 Å². The maximum atomic E-state index is 11.7. The first kappa shape index (κ1) is 15.2. The van der Waals surface area contributed by atoms with Gasteiger partial charge in [-0.15, -0.1) is 0 Å². The number of hydrogen-bond acceptors (Lipinski definition) is 4. The van der Waals surface area contributed by atoms with E-state index in [9.17, 15) is 9.90 Å². The lowest BCUT2D eigenvalue weighted by molar-refractivity contribution is 0.449. The Bertz CT molecular complexity index is 735. The summed E-state index contributed by atoms with van der Waals surface area (Å²) in [6.07, 6.45) is 3.16. The van der Waals surface area contributed by atoms with Crippen molar-refractivity contribution < 1.29 is 5.11 Å². The molecule has 6 heteroatoms. The molecule has 1 aromatic heterocycles. The Morgan fingerprint density at radius 2 is 2.05 bits per heavy atom. The molecule has 0 fully saturated rings. The van der Waals surface area contributed by atoms with Gasteiger partial charge in [-0.25, -0.2) is 0 Å². The summed E-state index contributed by atoms with van der Waals surface area (Å²) in [6.45, 7) is 1.97. The van der Waals surface area contributed by atoms with Crippen LogP contribution in [0.15, 0.2) is 40.1 Å². The molecule has 5 nitrogen and oxygen atoms in total. The van der Waals surface area contributed by atoms with Crippen LogP contribution >= 0.6 is 12.2 Å². The summed E-state index contributed by atoms with van der Waals surface area (Å²) < 4.78 is 0.0896. The van der Waals surface area contributed by atoms with Crippen LogP contribution in [0.4, 0.5) is 0 Å². The molecule has 0 aliphatic rings. The van der Waals surface area contributed by atoms with Crippen molar-refractivity contribution in [1.82, 2.24) is 9.97 Å². The SMILES string of the molecule is C[C@H](CCc1ccccc1)N=Cc1c(O)[nH]c(=S)[nH]c1=O. The molecule has 0 unspecified atom stereocenters. The lowest BCUT2D eigenvalue weighted by atomic mass is 10.1. The average molecular weight is 303 g/mol. The van der Waals surface area contributed by atoms with Crippen LogP contribution in [0, 0.1) is 4.77 Å². The molecular formula is C15H17N3O2S. The van der Waals surface area contributed by atoms with Gasteiger partial charge in [0.2, 0.25) is 5.88 Å². The fraction of sp³-hybridized carbons (Fsp3) is 0.267. The summed E-state index contributed by atoms with van der Waals surface area (Å²) in [5, 5.41) is 9.66. The molecule has 0 radical (unpaired) electrons. The Morgan fingerprint density at radius 1 is 1.33 bits per heavy atom. The van der Waals surface area contributed by atoms with Gasteiger partial charge in [-0.2, -0.15) is 0 Å². The highest BCUT2D eigenvalue weighted by atomic mass is 32.1. The Labute approximate surface area is 127 Å². The van der Waals surface area contributed by atoms with Crippen LogP contribution in [0.3, 0.4) is 0 Å². The zero-order valence-electron chi connectivity index (χ0n) is 11.7. The molecule has 3 N–H and O–H groups in total. The van der Waals surface area contributed by atoms with E-state index in [1.165, 1.54) is 11.8 Å². The minimum atomic E-state index is -0.449. The summed E-state index contributed by atoms with van der Waals surface area (Å²) in [7, 11) is 0. The number of hydrogen-bond donors (Lipinski definition) is 3. The summed E-state index contributed by atoms with van der Waals surface area (Å²) in [5.41, 5.74) is 0.898. The van der Waals surface area contributed by atoms with Gasteiger partial charge < -0.3 is 10.1 Å². The fourth-order valence-electron chi connectivity index (χ4n) is 1.90. The quantitative estimate of drug-likeness (QED) is 0.586. The molecule has 0 amide bonds. The molecule has 0 spiro atoms. The standard InChI is InChI=1S/C15H17N3O2S/c1-10(7-8-11-5-3-2-4-6-11)16-9-12-13(19)17-15(21)18-14(12)20/h2-6,9-10H,7-8H2,1H3,(H3,17,18,19,20,21)/t10-/m1/s1. The molecule has 21 heavy (non-hydrogen) atoms. The fourth-order valence-corrected chi connectivity index (χ4v) is 2.09. The van der Waals surface area contributed by atoms with Gasteiger partial charge in [0.05, 0.1) is 0 Å². The normalized spacial score (nSPS) is 12.6. The number of H-pyrrole nitrogens is 2. The molecule has 110 valence electrons. The largest absolute Gasteiger partial charge is 0.494 e. The van der Waals surface area contributed by atoms with Crippen LogP contribution in [0.25, 0.3) is 0 Å². The number of aromatic hydroxyl groups is 1. The third kappa shape index (κ3) is 4.39. The molecule has 1 heterocycles. The van der Waals surface area contributed by atoms with E-state index in [0.717, 1.165) is 12.8 Å². The average Bonchev–Trinajstić information content (AvgIpc) is 2.45. The maximum absolute atomic E-state index is 11.7. The summed E-state index contributed by atoms with van der Waals surface area (Å²) in [4.78, 5) is 20.9. The van der Waals surface area contributed by atoms with Crippen molar-refractivity contribution in [3.8, 4) is 5.88 Å². The number of aliphatic imine (C=N–C) groups is 1. The van der Waals surface area contributed by atoms with Crippen molar-refractivity contribution in [2.75, 3.05) is 0 Å². The van der Waals surface area contributed by atoms with E-state index in [2.05, 4.69) is 27.1 Å². The van der Waals surface area contributed by atoms with Crippen LogP contribution in [0.1, 0.15) is 24.5 Å². The minimum Gasteiger partial charge on any atom is -0.494 e. The predicted octanol–water partition coefficient (Wildman–Crippen LogP) is 2.58.